The Kier molecular flexibility index (Phi) is 2.94. The Hall–Kier alpha value is -2.32. The Labute approximate surface area is 110 Å². The highest BCUT2D eigenvalue weighted by Gasteiger charge is 2.22. The number of aromatic nitrogens is 3. The highest BCUT2D eigenvalue weighted by atomic mass is 16.1. The van der Waals surface area contributed by atoms with Crippen LogP contribution in [0, 0.1) is 12.3 Å². The van der Waals surface area contributed by atoms with Crippen molar-refractivity contribution in [1.29, 1.82) is 0 Å². The molecule has 19 heavy (non-hydrogen) atoms. The van der Waals surface area contributed by atoms with Crippen LogP contribution in [0.25, 0.3) is 5.82 Å². The molecule has 0 aliphatic carbocycles. The molecule has 0 saturated carbocycles. The van der Waals surface area contributed by atoms with Crippen molar-refractivity contribution in [2.75, 3.05) is 13.1 Å². The van der Waals surface area contributed by atoms with Crippen LogP contribution in [0.3, 0.4) is 0 Å². The molecule has 1 N–H and O–H groups in total. The van der Waals surface area contributed by atoms with E-state index in [1.165, 1.54) is 4.68 Å². The van der Waals surface area contributed by atoms with Gasteiger partial charge in [-0.1, -0.05) is 12.0 Å². The number of H-pyrrole nitrogens is 1. The number of pyridine rings is 1. The van der Waals surface area contributed by atoms with Gasteiger partial charge in [0.2, 0.25) is 0 Å². The molecular formula is C14H14N4O. The molecule has 96 valence electrons. The van der Waals surface area contributed by atoms with Gasteiger partial charge in [0.05, 0.1) is 12.2 Å². The minimum absolute atomic E-state index is 0.00550. The minimum Gasteiger partial charge on any atom is -0.292 e. The van der Waals surface area contributed by atoms with Crippen molar-refractivity contribution in [3.8, 4) is 18.2 Å². The highest BCUT2D eigenvalue weighted by Crippen LogP contribution is 2.14. The molecule has 3 rings (SSSR count). The quantitative estimate of drug-likeness (QED) is 0.796. The molecule has 3 heterocycles. The molecule has 2 aromatic rings. The summed E-state index contributed by atoms with van der Waals surface area (Å²) in [5.41, 5.74) is 1.78. The minimum atomic E-state index is -0.00550. The fourth-order valence-electron chi connectivity index (χ4n) is 2.39. The smallest absolute Gasteiger partial charge is 0.276 e. The first-order valence-electron chi connectivity index (χ1n) is 6.19. The maximum absolute atomic E-state index is 12.3. The van der Waals surface area contributed by atoms with E-state index in [1.54, 1.807) is 6.20 Å². The fraction of sp³-hybridized carbons (Fsp3) is 0.286. The Morgan fingerprint density at radius 3 is 3.11 bits per heavy atom. The summed E-state index contributed by atoms with van der Waals surface area (Å²) < 4.78 is 1.50. The second kappa shape index (κ2) is 4.75. The average molecular weight is 254 g/mol. The molecule has 0 bridgehead atoms. The summed E-state index contributed by atoms with van der Waals surface area (Å²) in [4.78, 5) is 18.6. The molecule has 0 radical (unpaired) electrons. The topological polar surface area (TPSA) is 53.9 Å². The van der Waals surface area contributed by atoms with E-state index >= 15 is 0 Å². The van der Waals surface area contributed by atoms with Gasteiger partial charge in [-0.15, -0.1) is 6.42 Å². The van der Waals surface area contributed by atoms with E-state index in [9.17, 15) is 4.79 Å². The number of aromatic amines is 1. The van der Waals surface area contributed by atoms with E-state index < -0.39 is 0 Å². The maximum atomic E-state index is 12.3. The van der Waals surface area contributed by atoms with Gasteiger partial charge in [-0.25, -0.2) is 9.67 Å². The Morgan fingerprint density at radius 2 is 2.37 bits per heavy atom. The van der Waals surface area contributed by atoms with Gasteiger partial charge in [-0.3, -0.25) is 14.8 Å². The van der Waals surface area contributed by atoms with Gasteiger partial charge in [0.25, 0.3) is 5.56 Å². The lowest BCUT2D eigenvalue weighted by Crippen LogP contribution is -2.32. The molecule has 5 heteroatoms. The second-order valence-electron chi connectivity index (χ2n) is 4.56. The predicted octanol–water partition coefficient (Wildman–Crippen LogP) is 0.552. The number of hydrogen-bond donors (Lipinski definition) is 1. The van der Waals surface area contributed by atoms with Gasteiger partial charge in [0, 0.05) is 24.8 Å². The van der Waals surface area contributed by atoms with Gasteiger partial charge >= 0.3 is 0 Å². The molecule has 5 nitrogen and oxygen atoms in total. The third-order valence-corrected chi connectivity index (χ3v) is 3.33. The first kappa shape index (κ1) is 11.8. The SMILES string of the molecule is C#CCN1CCc2c([nH]n(-c3ccccn3)c2=O)C1. The van der Waals surface area contributed by atoms with E-state index in [0.29, 0.717) is 18.9 Å². The zero-order chi connectivity index (χ0) is 13.2. The standard InChI is InChI=1S/C14H14N4O/c1-2-8-17-9-6-11-12(10-17)16-18(14(11)19)13-5-3-4-7-15-13/h1,3-5,7,16H,6,8-10H2. The third-order valence-electron chi connectivity index (χ3n) is 3.33. The van der Waals surface area contributed by atoms with E-state index in [2.05, 4.69) is 20.9 Å². The van der Waals surface area contributed by atoms with Crippen molar-refractivity contribution in [3.63, 3.8) is 0 Å². The van der Waals surface area contributed by atoms with Crippen molar-refractivity contribution in [2.45, 2.75) is 13.0 Å². The second-order valence-corrected chi connectivity index (χ2v) is 4.56. The van der Waals surface area contributed by atoms with Crippen LogP contribution < -0.4 is 5.56 Å². The highest BCUT2D eigenvalue weighted by molar-refractivity contribution is 5.28. The average Bonchev–Trinajstić information content (AvgIpc) is 2.77. The summed E-state index contributed by atoms with van der Waals surface area (Å²) in [7, 11) is 0. The predicted molar refractivity (Wildman–Crippen MR) is 72.0 cm³/mol. The molecule has 1 aliphatic heterocycles. The Bertz CT molecular complexity index is 678. The molecule has 2 aromatic heterocycles. The normalized spacial score (nSPS) is 14.9. The van der Waals surface area contributed by atoms with Crippen molar-refractivity contribution < 1.29 is 0 Å². The van der Waals surface area contributed by atoms with E-state index in [0.717, 1.165) is 24.2 Å². The number of nitrogens with zero attached hydrogens (tertiary/aromatic N) is 3. The molecule has 0 unspecified atom stereocenters. The lowest BCUT2D eigenvalue weighted by molar-refractivity contribution is 0.282. The van der Waals surface area contributed by atoms with E-state index in [4.69, 9.17) is 6.42 Å². The van der Waals surface area contributed by atoms with Crippen LogP contribution in [-0.2, 0) is 13.0 Å². The van der Waals surface area contributed by atoms with Crippen LogP contribution in [0.2, 0.25) is 0 Å². The molecule has 0 atom stereocenters. The van der Waals surface area contributed by atoms with Crippen molar-refractivity contribution in [2.24, 2.45) is 0 Å². The van der Waals surface area contributed by atoms with Crippen LogP contribution in [-0.4, -0.2) is 32.8 Å². The third kappa shape index (κ3) is 2.07. The zero-order valence-corrected chi connectivity index (χ0v) is 10.5. The Morgan fingerprint density at radius 1 is 1.47 bits per heavy atom. The van der Waals surface area contributed by atoms with Gasteiger partial charge in [-0.2, -0.15) is 0 Å². The lowest BCUT2D eigenvalue weighted by Gasteiger charge is -2.23. The maximum Gasteiger partial charge on any atom is 0.276 e. The van der Waals surface area contributed by atoms with Gasteiger partial charge in [0.15, 0.2) is 5.82 Å². The molecule has 0 spiro atoms. The monoisotopic (exact) mass is 254 g/mol. The largest absolute Gasteiger partial charge is 0.292 e. The van der Waals surface area contributed by atoms with Crippen LogP contribution in [0.4, 0.5) is 0 Å². The lowest BCUT2D eigenvalue weighted by atomic mass is 10.1. The number of terminal acetylenes is 1. The van der Waals surface area contributed by atoms with Crippen LogP contribution in [0.15, 0.2) is 29.2 Å². The molecule has 0 amide bonds. The van der Waals surface area contributed by atoms with Crippen molar-refractivity contribution in [1.82, 2.24) is 19.7 Å². The van der Waals surface area contributed by atoms with E-state index in [1.807, 2.05) is 18.2 Å². The summed E-state index contributed by atoms with van der Waals surface area (Å²) in [6, 6.07) is 5.49. The summed E-state index contributed by atoms with van der Waals surface area (Å²) in [6.07, 6.45) is 7.73. The molecule has 1 aliphatic rings. The van der Waals surface area contributed by atoms with Crippen LogP contribution in [0.1, 0.15) is 11.3 Å². The summed E-state index contributed by atoms with van der Waals surface area (Å²) in [5.74, 6) is 3.25. The van der Waals surface area contributed by atoms with Crippen LogP contribution >= 0.6 is 0 Å². The summed E-state index contributed by atoms with van der Waals surface area (Å²) in [5, 5.41) is 3.14. The number of rotatable bonds is 2. The first-order chi connectivity index (χ1) is 9.29. The molecule has 0 aromatic carbocycles. The van der Waals surface area contributed by atoms with E-state index in [-0.39, 0.29) is 5.56 Å². The number of hydrogen-bond acceptors (Lipinski definition) is 3. The van der Waals surface area contributed by atoms with Gasteiger partial charge < -0.3 is 0 Å². The molecular weight excluding hydrogens is 240 g/mol. The summed E-state index contributed by atoms with van der Waals surface area (Å²) >= 11 is 0. The van der Waals surface area contributed by atoms with Gasteiger partial charge in [0.1, 0.15) is 0 Å². The molecule has 0 saturated heterocycles. The first-order valence-corrected chi connectivity index (χ1v) is 6.19. The van der Waals surface area contributed by atoms with Gasteiger partial charge in [-0.05, 0) is 18.6 Å². The number of fused-ring (bicyclic) bond motifs is 1. The fourth-order valence-corrected chi connectivity index (χ4v) is 2.39. The zero-order valence-electron chi connectivity index (χ0n) is 10.5. The van der Waals surface area contributed by atoms with Crippen molar-refractivity contribution >= 4 is 0 Å². The van der Waals surface area contributed by atoms with Crippen molar-refractivity contribution in [3.05, 3.63) is 46.0 Å². The van der Waals surface area contributed by atoms with Crippen LogP contribution in [0.5, 0.6) is 0 Å². The molecule has 0 fully saturated rings. The number of nitrogens with one attached hydrogen (secondary N) is 1. The Balaban J connectivity index is 1.99. The summed E-state index contributed by atoms with van der Waals surface area (Å²) in [6.45, 7) is 2.12.